The maximum Gasteiger partial charge on any atom is 0.306 e. The van der Waals surface area contributed by atoms with Crippen molar-refractivity contribution >= 4 is 23.5 Å². The molecule has 0 fully saturated rings. The molecule has 0 unspecified atom stereocenters. The Morgan fingerprint density at radius 1 is 1.22 bits per heavy atom. The molecule has 1 aliphatic rings. The van der Waals surface area contributed by atoms with Gasteiger partial charge in [0.1, 0.15) is 11.4 Å². The van der Waals surface area contributed by atoms with Gasteiger partial charge in [-0.3, -0.25) is 9.59 Å². The van der Waals surface area contributed by atoms with Gasteiger partial charge in [-0.15, -0.1) is 0 Å². The van der Waals surface area contributed by atoms with E-state index in [0.29, 0.717) is 29.9 Å². The lowest BCUT2D eigenvalue weighted by Crippen LogP contribution is -2.46. The number of amides is 1. The maximum absolute atomic E-state index is 13.0. The van der Waals surface area contributed by atoms with E-state index in [1.807, 2.05) is 0 Å². The highest BCUT2D eigenvalue weighted by Crippen LogP contribution is 2.45. The van der Waals surface area contributed by atoms with Gasteiger partial charge < -0.3 is 25.1 Å². The standard InChI is InChI=1S/C26H31N5O6/c1-25(2,3)37-21(33)13-14-26(24(27)34)22(19-7-4-5-8-20(19)30-31-28)36-23(29-26)17-9-11-18(12-10-17)35-16-6-15-32/h4-5,7-12,22,32H,6,13-16H2,1-3H3,(H2,27,34)/t22-,26-/m1/s1. The maximum atomic E-state index is 13.0. The second-order valence-electron chi connectivity index (χ2n) is 9.49. The first kappa shape index (κ1) is 27.5. The topological polar surface area (TPSA) is 169 Å². The third kappa shape index (κ3) is 6.78. The predicted octanol–water partition coefficient (Wildman–Crippen LogP) is 4.25. The van der Waals surface area contributed by atoms with Gasteiger partial charge in [0.15, 0.2) is 11.6 Å². The zero-order valence-corrected chi connectivity index (χ0v) is 21.1. The lowest BCUT2D eigenvalue weighted by Gasteiger charge is -2.29. The van der Waals surface area contributed by atoms with Crippen LogP contribution in [-0.2, 0) is 19.1 Å². The van der Waals surface area contributed by atoms with Crippen LogP contribution in [0.3, 0.4) is 0 Å². The number of nitrogens with two attached hydrogens (primary N) is 1. The van der Waals surface area contributed by atoms with Crippen LogP contribution in [0.15, 0.2) is 58.6 Å². The van der Waals surface area contributed by atoms with Gasteiger partial charge in [0.2, 0.25) is 11.8 Å². The first-order chi connectivity index (χ1) is 17.6. The number of carbonyl (C=O) groups is 2. The largest absolute Gasteiger partial charge is 0.494 e. The van der Waals surface area contributed by atoms with Crippen molar-refractivity contribution in [3.63, 3.8) is 0 Å². The van der Waals surface area contributed by atoms with Gasteiger partial charge in [-0.25, -0.2) is 4.99 Å². The van der Waals surface area contributed by atoms with E-state index >= 15 is 0 Å². The molecule has 3 N–H and O–H groups in total. The Balaban J connectivity index is 2.01. The van der Waals surface area contributed by atoms with Crippen molar-refractivity contribution in [2.45, 2.75) is 57.3 Å². The molecule has 11 heteroatoms. The SMILES string of the molecule is CC(C)(C)OC(=O)CC[C@@]1(C(N)=O)N=C(c2ccc(OCCCO)cc2)O[C@@H]1c1ccccc1N=[N+]=[N-]. The Morgan fingerprint density at radius 2 is 1.92 bits per heavy atom. The summed E-state index contributed by atoms with van der Waals surface area (Å²) in [5, 5.41) is 12.7. The van der Waals surface area contributed by atoms with Gasteiger partial charge >= 0.3 is 5.97 Å². The van der Waals surface area contributed by atoms with Crippen molar-refractivity contribution in [1.82, 2.24) is 0 Å². The molecule has 1 aliphatic heterocycles. The van der Waals surface area contributed by atoms with Crippen molar-refractivity contribution in [1.29, 1.82) is 0 Å². The quantitative estimate of drug-likeness (QED) is 0.151. The molecular formula is C26H31N5O6. The normalized spacial score (nSPS) is 18.8. The average molecular weight is 510 g/mol. The molecule has 196 valence electrons. The number of rotatable bonds is 11. The molecule has 0 spiro atoms. The number of hydrogen-bond donors (Lipinski definition) is 2. The van der Waals surface area contributed by atoms with Gasteiger partial charge in [0.05, 0.1) is 6.61 Å². The van der Waals surface area contributed by atoms with Gasteiger partial charge in [-0.1, -0.05) is 29.4 Å². The number of ether oxygens (including phenoxy) is 3. The molecule has 0 bridgehead atoms. The molecule has 0 saturated heterocycles. The van der Waals surface area contributed by atoms with Gasteiger partial charge in [-0.05, 0) is 57.0 Å². The monoisotopic (exact) mass is 509 g/mol. The molecule has 2 atom stereocenters. The average Bonchev–Trinajstić information content (AvgIpc) is 3.24. The number of nitrogens with zero attached hydrogens (tertiary/aromatic N) is 4. The summed E-state index contributed by atoms with van der Waals surface area (Å²) < 4.78 is 17.2. The van der Waals surface area contributed by atoms with Crippen molar-refractivity contribution < 1.29 is 28.9 Å². The van der Waals surface area contributed by atoms with Crippen molar-refractivity contribution in [3.8, 4) is 5.75 Å². The number of azide groups is 1. The van der Waals surface area contributed by atoms with Crippen molar-refractivity contribution in [2.24, 2.45) is 15.8 Å². The number of benzene rings is 2. The second kappa shape index (κ2) is 11.8. The third-order valence-electron chi connectivity index (χ3n) is 5.57. The molecule has 0 aromatic heterocycles. The van der Waals surface area contributed by atoms with Crippen LogP contribution in [0.5, 0.6) is 5.75 Å². The van der Waals surface area contributed by atoms with Crippen LogP contribution in [0.25, 0.3) is 10.4 Å². The summed E-state index contributed by atoms with van der Waals surface area (Å²) in [7, 11) is 0. The predicted molar refractivity (Wildman–Crippen MR) is 136 cm³/mol. The Morgan fingerprint density at radius 3 is 2.54 bits per heavy atom. The number of hydrogen-bond acceptors (Lipinski definition) is 8. The van der Waals surface area contributed by atoms with E-state index in [-0.39, 0.29) is 31.0 Å². The van der Waals surface area contributed by atoms with E-state index in [2.05, 4.69) is 15.0 Å². The van der Waals surface area contributed by atoms with Crippen molar-refractivity contribution in [2.75, 3.05) is 13.2 Å². The Hall–Kier alpha value is -4.08. The van der Waals surface area contributed by atoms with E-state index < -0.39 is 29.1 Å². The number of carbonyl (C=O) groups excluding carboxylic acids is 2. The number of aliphatic hydroxyl groups is 1. The molecule has 2 aromatic carbocycles. The van der Waals surface area contributed by atoms with Crippen LogP contribution in [-0.4, -0.2) is 47.2 Å². The third-order valence-corrected chi connectivity index (χ3v) is 5.57. The summed E-state index contributed by atoms with van der Waals surface area (Å²) >= 11 is 0. The minimum absolute atomic E-state index is 0.0277. The van der Waals surface area contributed by atoms with Gasteiger partial charge in [-0.2, -0.15) is 0 Å². The Kier molecular flexibility index (Phi) is 8.75. The number of primary amides is 1. The van der Waals surface area contributed by atoms with E-state index in [0.717, 1.165) is 0 Å². The molecule has 11 nitrogen and oxygen atoms in total. The number of aliphatic hydroxyl groups excluding tert-OH is 1. The smallest absolute Gasteiger partial charge is 0.306 e. The Labute approximate surface area is 214 Å². The van der Waals surface area contributed by atoms with E-state index in [1.54, 1.807) is 69.3 Å². The molecule has 2 aromatic rings. The van der Waals surface area contributed by atoms with E-state index in [4.69, 9.17) is 30.6 Å². The summed E-state index contributed by atoms with van der Waals surface area (Å²) in [6, 6.07) is 13.5. The molecule has 0 aliphatic carbocycles. The molecule has 0 saturated carbocycles. The van der Waals surface area contributed by atoms with E-state index in [9.17, 15) is 9.59 Å². The minimum Gasteiger partial charge on any atom is -0.494 e. The fraction of sp³-hybridized carbons (Fsp3) is 0.423. The molecule has 0 radical (unpaired) electrons. The highest BCUT2D eigenvalue weighted by Gasteiger charge is 2.52. The van der Waals surface area contributed by atoms with Gasteiger partial charge in [0.25, 0.3) is 0 Å². The fourth-order valence-corrected chi connectivity index (χ4v) is 3.91. The van der Waals surface area contributed by atoms with Gasteiger partial charge in [0, 0.05) is 41.2 Å². The van der Waals surface area contributed by atoms with Crippen LogP contribution in [0, 0.1) is 0 Å². The summed E-state index contributed by atoms with van der Waals surface area (Å²) in [5.41, 5.74) is 13.8. The van der Waals surface area contributed by atoms with Crippen LogP contribution in [0.2, 0.25) is 0 Å². The fourth-order valence-electron chi connectivity index (χ4n) is 3.91. The Bertz CT molecular complexity index is 1200. The van der Waals surface area contributed by atoms with Crippen LogP contribution < -0.4 is 10.5 Å². The lowest BCUT2D eigenvalue weighted by molar-refractivity contribution is -0.155. The lowest BCUT2D eigenvalue weighted by atomic mass is 9.83. The highest BCUT2D eigenvalue weighted by molar-refractivity contribution is 6.01. The molecule has 37 heavy (non-hydrogen) atoms. The molecular weight excluding hydrogens is 478 g/mol. The number of esters is 1. The summed E-state index contributed by atoms with van der Waals surface area (Å²) in [4.78, 5) is 33.0. The molecule has 1 heterocycles. The minimum atomic E-state index is -1.66. The van der Waals surface area contributed by atoms with E-state index in [1.165, 1.54) is 0 Å². The van der Waals surface area contributed by atoms with Crippen molar-refractivity contribution in [3.05, 3.63) is 70.1 Å². The van der Waals surface area contributed by atoms with Crippen LogP contribution >= 0.6 is 0 Å². The second-order valence-corrected chi connectivity index (χ2v) is 9.49. The zero-order chi connectivity index (χ0) is 27.1. The van der Waals surface area contributed by atoms with Crippen LogP contribution in [0.1, 0.15) is 57.3 Å². The number of aliphatic imine (C=N–C) groups is 1. The highest BCUT2D eigenvalue weighted by atomic mass is 16.6. The zero-order valence-electron chi connectivity index (χ0n) is 21.1. The summed E-state index contributed by atoms with van der Waals surface area (Å²) in [6.07, 6.45) is -0.774. The molecule has 3 rings (SSSR count). The van der Waals surface area contributed by atoms with Crippen LogP contribution in [0.4, 0.5) is 5.69 Å². The summed E-state index contributed by atoms with van der Waals surface area (Å²) in [6.45, 7) is 5.64. The first-order valence-electron chi connectivity index (χ1n) is 11.9. The summed E-state index contributed by atoms with van der Waals surface area (Å²) in [5.74, 6) is -0.572. The first-order valence-corrected chi connectivity index (χ1v) is 11.9. The molecule has 1 amide bonds.